The Morgan fingerprint density at radius 1 is 1.00 bits per heavy atom. The number of hydrogen-bond donors (Lipinski definition) is 2. The second-order valence-corrected chi connectivity index (χ2v) is 6.57. The maximum absolute atomic E-state index is 11.0. The monoisotopic (exact) mass is 311 g/mol. The lowest BCUT2D eigenvalue weighted by Gasteiger charge is -2.39. The summed E-state index contributed by atoms with van der Waals surface area (Å²) < 4.78 is 0. The Bertz CT molecular complexity index is 633. The molecule has 0 spiro atoms. The van der Waals surface area contributed by atoms with Crippen molar-refractivity contribution in [3.8, 4) is 0 Å². The molecule has 2 aromatic rings. The molecule has 1 fully saturated rings. The Hall–Kier alpha value is -1.68. The van der Waals surface area contributed by atoms with Crippen LogP contribution in [0.4, 0.5) is 0 Å². The van der Waals surface area contributed by atoms with Crippen molar-refractivity contribution < 1.29 is 10.2 Å². The molecule has 1 atom stereocenters. The van der Waals surface area contributed by atoms with Crippen molar-refractivity contribution in [1.82, 2.24) is 4.90 Å². The van der Waals surface area contributed by atoms with Crippen LogP contribution in [0, 0.1) is 6.92 Å². The van der Waals surface area contributed by atoms with Gasteiger partial charge in [0.15, 0.2) is 0 Å². The number of aryl methyl sites for hydroxylation is 1. The number of benzene rings is 2. The highest BCUT2D eigenvalue weighted by Gasteiger charge is 2.35. The van der Waals surface area contributed by atoms with Gasteiger partial charge in [0, 0.05) is 19.6 Å². The largest absolute Gasteiger partial charge is 0.387 e. The first-order valence-corrected chi connectivity index (χ1v) is 8.32. The topological polar surface area (TPSA) is 43.7 Å². The molecular weight excluding hydrogens is 286 g/mol. The standard InChI is InChI=1S/C20H25NO2/c1-16-7-5-6-10-18(16)20(23)11-13-21(14-12-20)15-19(22)17-8-3-2-4-9-17/h2-10,19,22-23H,11-15H2,1H3/t19-/m1/s1. The molecule has 0 amide bonds. The molecular formula is C20H25NO2. The average Bonchev–Trinajstić information content (AvgIpc) is 2.58. The molecule has 0 bridgehead atoms. The van der Waals surface area contributed by atoms with Crippen LogP contribution in [0.3, 0.4) is 0 Å². The molecule has 0 saturated carbocycles. The Balaban J connectivity index is 1.61. The van der Waals surface area contributed by atoms with Crippen LogP contribution >= 0.6 is 0 Å². The number of nitrogens with zero attached hydrogens (tertiary/aromatic N) is 1. The summed E-state index contributed by atoms with van der Waals surface area (Å²) >= 11 is 0. The normalized spacial score (nSPS) is 19.4. The van der Waals surface area contributed by atoms with Crippen molar-refractivity contribution in [3.05, 3.63) is 71.3 Å². The minimum Gasteiger partial charge on any atom is -0.387 e. The third-order valence-corrected chi connectivity index (χ3v) is 4.95. The first-order chi connectivity index (χ1) is 11.1. The van der Waals surface area contributed by atoms with Gasteiger partial charge in [0.05, 0.1) is 11.7 Å². The van der Waals surface area contributed by atoms with Gasteiger partial charge in [0.25, 0.3) is 0 Å². The molecule has 1 saturated heterocycles. The Morgan fingerprint density at radius 2 is 1.61 bits per heavy atom. The first-order valence-electron chi connectivity index (χ1n) is 8.32. The number of rotatable bonds is 4. The van der Waals surface area contributed by atoms with Crippen LogP contribution < -0.4 is 0 Å². The third kappa shape index (κ3) is 3.63. The van der Waals surface area contributed by atoms with Crippen molar-refractivity contribution in [2.75, 3.05) is 19.6 Å². The fraction of sp³-hybridized carbons (Fsp3) is 0.400. The number of hydrogen-bond acceptors (Lipinski definition) is 3. The van der Waals surface area contributed by atoms with Gasteiger partial charge in [-0.2, -0.15) is 0 Å². The summed E-state index contributed by atoms with van der Waals surface area (Å²) in [4.78, 5) is 2.24. The summed E-state index contributed by atoms with van der Waals surface area (Å²) in [7, 11) is 0. The van der Waals surface area contributed by atoms with Gasteiger partial charge in [0.1, 0.15) is 0 Å². The van der Waals surface area contributed by atoms with Crippen molar-refractivity contribution in [3.63, 3.8) is 0 Å². The van der Waals surface area contributed by atoms with Crippen LogP contribution in [0.25, 0.3) is 0 Å². The van der Waals surface area contributed by atoms with Gasteiger partial charge in [-0.05, 0) is 36.5 Å². The second kappa shape index (κ2) is 6.83. The summed E-state index contributed by atoms with van der Waals surface area (Å²) in [5.74, 6) is 0. The van der Waals surface area contributed by atoms with E-state index in [1.54, 1.807) is 0 Å². The summed E-state index contributed by atoms with van der Waals surface area (Å²) in [6.07, 6.45) is 0.944. The molecule has 2 aromatic carbocycles. The van der Waals surface area contributed by atoms with Crippen LogP contribution in [0.5, 0.6) is 0 Å². The summed E-state index contributed by atoms with van der Waals surface area (Å²) in [6, 6.07) is 17.9. The van der Waals surface area contributed by atoms with Gasteiger partial charge < -0.3 is 15.1 Å². The lowest BCUT2D eigenvalue weighted by Crippen LogP contribution is -2.44. The number of likely N-dealkylation sites (tertiary alicyclic amines) is 1. The molecule has 3 nitrogen and oxygen atoms in total. The van der Waals surface area contributed by atoms with E-state index in [-0.39, 0.29) is 0 Å². The van der Waals surface area contributed by atoms with E-state index in [1.807, 2.05) is 48.5 Å². The van der Waals surface area contributed by atoms with Crippen LogP contribution in [-0.2, 0) is 5.60 Å². The molecule has 0 aliphatic carbocycles. The second-order valence-electron chi connectivity index (χ2n) is 6.57. The highest BCUT2D eigenvalue weighted by atomic mass is 16.3. The van der Waals surface area contributed by atoms with E-state index in [1.165, 1.54) is 0 Å². The Labute approximate surface area is 138 Å². The molecule has 0 radical (unpaired) electrons. The first kappa shape index (κ1) is 16.2. The molecule has 1 heterocycles. The van der Waals surface area contributed by atoms with Crippen LogP contribution in [-0.4, -0.2) is 34.7 Å². The van der Waals surface area contributed by atoms with Crippen molar-refractivity contribution in [2.45, 2.75) is 31.5 Å². The molecule has 1 aliphatic heterocycles. The SMILES string of the molecule is Cc1ccccc1C1(O)CCN(C[C@@H](O)c2ccccc2)CC1. The van der Waals surface area contributed by atoms with Gasteiger partial charge in [-0.15, -0.1) is 0 Å². The number of aliphatic hydroxyl groups excluding tert-OH is 1. The molecule has 122 valence electrons. The van der Waals surface area contributed by atoms with Gasteiger partial charge in [-0.3, -0.25) is 0 Å². The summed E-state index contributed by atoms with van der Waals surface area (Å²) in [5, 5.41) is 21.4. The fourth-order valence-corrected chi connectivity index (χ4v) is 3.50. The highest BCUT2D eigenvalue weighted by molar-refractivity contribution is 5.31. The number of β-amino-alcohol motifs (C(OH)–C–C–N with tert-alkyl or cyclic N) is 1. The number of aliphatic hydroxyl groups is 2. The van der Waals surface area contributed by atoms with E-state index in [0.29, 0.717) is 19.4 Å². The van der Waals surface area contributed by atoms with Crippen LogP contribution in [0.2, 0.25) is 0 Å². The smallest absolute Gasteiger partial charge is 0.0923 e. The molecule has 23 heavy (non-hydrogen) atoms. The predicted octanol–water partition coefficient (Wildman–Crippen LogP) is 3.01. The quantitative estimate of drug-likeness (QED) is 0.912. The van der Waals surface area contributed by atoms with Gasteiger partial charge in [-0.1, -0.05) is 54.6 Å². The lowest BCUT2D eigenvalue weighted by atomic mass is 9.82. The van der Waals surface area contributed by atoms with E-state index in [9.17, 15) is 10.2 Å². The highest BCUT2D eigenvalue weighted by Crippen LogP contribution is 2.35. The summed E-state index contributed by atoms with van der Waals surface area (Å²) in [6.45, 7) is 4.27. The van der Waals surface area contributed by atoms with Gasteiger partial charge in [0.2, 0.25) is 0 Å². The Morgan fingerprint density at radius 3 is 2.26 bits per heavy atom. The zero-order valence-electron chi connectivity index (χ0n) is 13.7. The van der Waals surface area contributed by atoms with E-state index >= 15 is 0 Å². The van der Waals surface area contributed by atoms with Crippen LogP contribution in [0.1, 0.15) is 35.6 Å². The number of piperidine rings is 1. The third-order valence-electron chi connectivity index (χ3n) is 4.95. The minimum absolute atomic E-state index is 0.471. The average molecular weight is 311 g/mol. The van der Waals surface area contributed by atoms with E-state index < -0.39 is 11.7 Å². The molecule has 2 N–H and O–H groups in total. The zero-order chi connectivity index (χ0) is 16.3. The Kier molecular flexibility index (Phi) is 4.81. The molecule has 1 aliphatic rings. The molecule has 3 heteroatoms. The van der Waals surface area contributed by atoms with Gasteiger partial charge in [-0.25, -0.2) is 0 Å². The van der Waals surface area contributed by atoms with E-state index in [4.69, 9.17) is 0 Å². The molecule has 0 aromatic heterocycles. The fourth-order valence-electron chi connectivity index (χ4n) is 3.50. The van der Waals surface area contributed by atoms with Gasteiger partial charge >= 0.3 is 0 Å². The maximum Gasteiger partial charge on any atom is 0.0923 e. The molecule has 0 unspecified atom stereocenters. The molecule has 3 rings (SSSR count). The van der Waals surface area contributed by atoms with E-state index in [0.717, 1.165) is 29.8 Å². The lowest BCUT2D eigenvalue weighted by molar-refractivity contribution is -0.0348. The predicted molar refractivity (Wildman–Crippen MR) is 92.2 cm³/mol. The van der Waals surface area contributed by atoms with Crippen molar-refractivity contribution in [1.29, 1.82) is 0 Å². The van der Waals surface area contributed by atoms with Crippen molar-refractivity contribution >= 4 is 0 Å². The summed E-state index contributed by atoms with van der Waals surface area (Å²) in [5.41, 5.74) is 2.41. The maximum atomic E-state index is 11.0. The van der Waals surface area contributed by atoms with E-state index in [2.05, 4.69) is 17.9 Å². The van der Waals surface area contributed by atoms with Crippen molar-refractivity contribution in [2.24, 2.45) is 0 Å². The minimum atomic E-state index is -0.737. The zero-order valence-corrected chi connectivity index (χ0v) is 13.7. The van der Waals surface area contributed by atoms with Crippen LogP contribution in [0.15, 0.2) is 54.6 Å².